The van der Waals surface area contributed by atoms with Gasteiger partial charge >= 0.3 is 0 Å². The van der Waals surface area contributed by atoms with Gasteiger partial charge < -0.3 is 9.84 Å². The van der Waals surface area contributed by atoms with Gasteiger partial charge in [-0.2, -0.15) is 0 Å². The molecule has 33 heavy (non-hydrogen) atoms. The molecule has 3 aromatic rings. The minimum absolute atomic E-state index is 0.0664. The highest BCUT2D eigenvalue weighted by Gasteiger charge is 2.47. The third kappa shape index (κ3) is 4.14. The summed E-state index contributed by atoms with van der Waals surface area (Å²) in [4.78, 5) is 28.1. The molecule has 3 aromatic carbocycles. The van der Waals surface area contributed by atoms with Crippen LogP contribution in [0, 0.1) is 13.8 Å². The summed E-state index contributed by atoms with van der Waals surface area (Å²) in [5.74, 6) is -0.958. The van der Waals surface area contributed by atoms with E-state index in [-0.39, 0.29) is 11.3 Å². The van der Waals surface area contributed by atoms with E-state index in [1.807, 2.05) is 63.2 Å². The number of nitrogens with zero attached hydrogens (tertiary/aromatic N) is 1. The number of aliphatic hydroxyl groups excluding tert-OH is 1. The van der Waals surface area contributed by atoms with Crippen LogP contribution in [0.2, 0.25) is 0 Å². The molecule has 1 heterocycles. The third-order valence-electron chi connectivity index (χ3n) is 5.97. The largest absolute Gasteiger partial charge is 0.507 e. The van der Waals surface area contributed by atoms with Gasteiger partial charge in [-0.25, -0.2) is 0 Å². The first-order valence-corrected chi connectivity index (χ1v) is 11.0. The Hall–Kier alpha value is -3.86. The zero-order chi connectivity index (χ0) is 23.7. The molecule has 1 aliphatic heterocycles. The third-order valence-corrected chi connectivity index (χ3v) is 5.97. The average molecular weight is 442 g/mol. The lowest BCUT2D eigenvalue weighted by Crippen LogP contribution is -2.29. The monoisotopic (exact) mass is 441 g/mol. The predicted molar refractivity (Wildman–Crippen MR) is 130 cm³/mol. The molecular formula is C28H27NO4. The Morgan fingerprint density at radius 1 is 0.970 bits per heavy atom. The van der Waals surface area contributed by atoms with Gasteiger partial charge in [-0.15, -0.1) is 0 Å². The van der Waals surface area contributed by atoms with E-state index in [2.05, 4.69) is 0 Å². The summed E-state index contributed by atoms with van der Waals surface area (Å²) >= 11 is 0. The number of methoxy groups -OCH3 is 1. The second-order valence-electron chi connectivity index (χ2n) is 8.34. The second kappa shape index (κ2) is 8.94. The van der Waals surface area contributed by atoms with E-state index in [4.69, 9.17) is 4.74 Å². The molecular weight excluding hydrogens is 414 g/mol. The van der Waals surface area contributed by atoms with Crippen molar-refractivity contribution in [2.45, 2.75) is 33.2 Å². The molecule has 1 N–H and O–H groups in total. The maximum Gasteiger partial charge on any atom is 0.300 e. The average Bonchev–Trinajstić information content (AvgIpc) is 3.08. The van der Waals surface area contributed by atoms with E-state index in [9.17, 15) is 14.7 Å². The fourth-order valence-electron chi connectivity index (χ4n) is 4.37. The Balaban J connectivity index is 1.95. The molecule has 0 spiro atoms. The molecule has 0 aromatic heterocycles. The highest BCUT2D eigenvalue weighted by molar-refractivity contribution is 6.51. The van der Waals surface area contributed by atoms with Crippen molar-refractivity contribution in [3.8, 4) is 5.75 Å². The van der Waals surface area contributed by atoms with Crippen molar-refractivity contribution < 1.29 is 19.4 Å². The summed E-state index contributed by atoms with van der Waals surface area (Å²) in [6.45, 7) is 5.94. The van der Waals surface area contributed by atoms with Crippen LogP contribution < -0.4 is 9.64 Å². The number of carbonyl (C=O) groups is 2. The van der Waals surface area contributed by atoms with Crippen LogP contribution in [-0.2, 0) is 16.0 Å². The van der Waals surface area contributed by atoms with Gasteiger partial charge in [0.1, 0.15) is 11.5 Å². The number of carbonyl (C=O) groups excluding carboxylic acids is 2. The van der Waals surface area contributed by atoms with Crippen molar-refractivity contribution in [1.29, 1.82) is 0 Å². The number of rotatable bonds is 5. The standard InChI is InChI=1S/C28H27NO4/c1-5-19-9-11-20(12-10-19)26(30)24-25(21-7-6-8-23(16-21)33-4)29(28(32)27(24)31)22-14-17(2)13-18(3)15-22/h6-16,25,30H,5H2,1-4H3/b26-24+. The number of ketones is 1. The highest BCUT2D eigenvalue weighted by atomic mass is 16.5. The summed E-state index contributed by atoms with van der Waals surface area (Å²) < 4.78 is 5.39. The summed E-state index contributed by atoms with van der Waals surface area (Å²) in [7, 11) is 1.56. The van der Waals surface area contributed by atoms with Gasteiger partial charge in [0.25, 0.3) is 11.7 Å². The van der Waals surface area contributed by atoms with Gasteiger partial charge in [0.05, 0.1) is 18.7 Å². The van der Waals surface area contributed by atoms with Crippen LogP contribution in [0.4, 0.5) is 5.69 Å². The van der Waals surface area contributed by atoms with E-state index in [1.165, 1.54) is 4.90 Å². The zero-order valence-corrected chi connectivity index (χ0v) is 19.3. The van der Waals surface area contributed by atoms with Gasteiger partial charge in [0.15, 0.2) is 0 Å². The van der Waals surface area contributed by atoms with Crippen molar-refractivity contribution in [2.75, 3.05) is 12.0 Å². The summed E-state index contributed by atoms with van der Waals surface area (Å²) in [5.41, 5.74) is 4.93. The Bertz CT molecular complexity index is 1240. The van der Waals surface area contributed by atoms with Crippen LogP contribution in [-0.4, -0.2) is 23.9 Å². The molecule has 1 aliphatic rings. The number of hydrogen-bond acceptors (Lipinski definition) is 4. The van der Waals surface area contributed by atoms with Crippen molar-refractivity contribution >= 4 is 23.1 Å². The molecule has 0 bridgehead atoms. The highest BCUT2D eigenvalue weighted by Crippen LogP contribution is 2.43. The van der Waals surface area contributed by atoms with E-state index in [0.717, 1.165) is 23.1 Å². The molecule has 1 unspecified atom stereocenters. The molecule has 5 nitrogen and oxygen atoms in total. The molecule has 0 radical (unpaired) electrons. The molecule has 5 heteroatoms. The van der Waals surface area contributed by atoms with Crippen LogP contribution in [0.1, 0.15) is 40.8 Å². The van der Waals surface area contributed by atoms with E-state index < -0.39 is 17.7 Å². The van der Waals surface area contributed by atoms with Gasteiger partial charge in [0, 0.05) is 11.3 Å². The van der Waals surface area contributed by atoms with Gasteiger partial charge in [-0.05, 0) is 66.8 Å². The number of anilines is 1. The normalized spacial score (nSPS) is 17.5. The fourth-order valence-corrected chi connectivity index (χ4v) is 4.37. The van der Waals surface area contributed by atoms with Crippen LogP contribution in [0.5, 0.6) is 5.75 Å². The zero-order valence-electron chi connectivity index (χ0n) is 19.3. The van der Waals surface area contributed by atoms with Gasteiger partial charge in [0.2, 0.25) is 0 Å². The van der Waals surface area contributed by atoms with Crippen LogP contribution >= 0.6 is 0 Å². The van der Waals surface area contributed by atoms with Crippen molar-refractivity contribution in [3.63, 3.8) is 0 Å². The van der Waals surface area contributed by atoms with Gasteiger partial charge in [-0.3, -0.25) is 14.5 Å². The Kier molecular flexibility index (Phi) is 6.05. The van der Waals surface area contributed by atoms with E-state index in [0.29, 0.717) is 22.6 Å². The minimum atomic E-state index is -0.785. The maximum absolute atomic E-state index is 13.3. The smallest absolute Gasteiger partial charge is 0.300 e. The van der Waals surface area contributed by atoms with Crippen molar-refractivity contribution in [1.82, 2.24) is 0 Å². The number of Topliss-reactive ketones (excluding diaryl/α,β-unsaturated/α-hetero) is 1. The molecule has 4 rings (SSSR count). The van der Waals surface area contributed by atoms with Crippen LogP contribution in [0.25, 0.3) is 5.76 Å². The molecule has 1 atom stereocenters. The number of ether oxygens (including phenoxy) is 1. The Morgan fingerprint density at radius 3 is 2.24 bits per heavy atom. The van der Waals surface area contributed by atoms with E-state index >= 15 is 0 Å². The first-order chi connectivity index (χ1) is 15.8. The number of benzene rings is 3. The molecule has 0 aliphatic carbocycles. The fraction of sp³-hybridized carbons (Fsp3) is 0.214. The summed E-state index contributed by atoms with van der Waals surface area (Å²) in [5, 5.41) is 11.3. The molecule has 1 fully saturated rings. The first-order valence-electron chi connectivity index (χ1n) is 11.0. The first kappa shape index (κ1) is 22.3. The number of aliphatic hydroxyl groups is 1. The quantitative estimate of drug-likeness (QED) is 0.322. The summed E-state index contributed by atoms with van der Waals surface area (Å²) in [6, 6.07) is 19.6. The van der Waals surface area contributed by atoms with Crippen LogP contribution in [0.3, 0.4) is 0 Å². The Morgan fingerprint density at radius 2 is 1.64 bits per heavy atom. The molecule has 168 valence electrons. The topological polar surface area (TPSA) is 66.8 Å². The lowest BCUT2D eigenvalue weighted by molar-refractivity contribution is -0.132. The minimum Gasteiger partial charge on any atom is -0.507 e. The summed E-state index contributed by atoms with van der Waals surface area (Å²) in [6.07, 6.45) is 0.863. The molecule has 1 amide bonds. The predicted octanol–water partition coefficient (Wildman–Crippen LogP) is 5.50. The number of amides is 1. The van der Waals surface area contributed by atoms with Crippen molar-refractivity contribution in [3.05, 3.63) is 100 Å². The number of hydrogen-bond donors (Lipinski definition) is 1. The lowest BCUT2D eigenvalue weighted by atomic mass is 9.94. The van der Waals surface area contributed by atoms with Crippen molar-refractivity contribution in [2.24, 2.45) is 0 Å². The number of aryl methyl sites for hydroxylation is 3. The molecule has 0 saturated carbocycles. The van der Waals surface area contributed by atoms with Crippen LogP contribution in [0.15, 0.2) is 72.3 Å². The second-order valence-corrected chi connectivity index (χ2v) is 8.34. The lowest BCUT2D eigenvalue weighted by Gasteiger charge is -2.26. The van der Waals surface area contributed by atoms with E-state index in [1.54, 1.807) is 31.4 Å². The Labute approximate surface area is 193 Å². The van der Waals surface area contributed by atoms with Gasteiger partial charge in [-0.1, -0.05) is 49.4 Å². The maximum atomic E-state index is 13.3. The molecule has 1 saturated heterocycles. The SMILES string of the molecule is CCc1ccc(/C(O)=C2\C(=O)C(=O)N(c3cc(C)cc(C)c3)C2c2cccc(OC)c2)cc1.